The Balaban J connectivity index is 1.80. The first-order valence-corrected chi connectivity index (χ1v) is 6.99. The third-order valence-electron chi connectivity index (χ3n) is 3.39. The second-order valence-electron chi connectivity index (χ2n) is 4.92. The molecule has 0 spiro atoms. The van der Waals surface area contributed by atoms with Crippen molar-refractivity contribution in [1.82, 2.24) is 10.4 Å². The molecule has 108 valence electrons. The number of carbonyl (C=O) groups is 1. The summed E-state index contributed by atoms with van der Waals surface area (Å²) >= 11 is 0. The summed E-state index contributed by atoms with van der Waals surface area (Å²) in [4.78, 5) is 15.9. The summed E-state index contributed by atoms with van der Waals surface area (Å²) in [5.74, 6) is -0.319. The summed E-state index contributed by atoms with van der Waals surface area (Å²) < 4.78 is 0. The average Bonchev–Trinajstić information content (AvgIpc) is 2.59. The van der Waals surface area contributed by atoms with E-state index >= 15 is 0 Å². The molecule has 3 rings (SSSR count). The van der Waals surface area contributed by atoms with Gasteiger partial charge in [0.25, 0.3) is 5.91 Å². The molecular formula is C18H15N3O. The minimum absolute atomic E-state index is 0.319. The number of aromatic nitrogens is 1. The lowest BCUT2D eigenvalue weighted by Crippen LogP contribution is -2.20. The molecule has 0 radical (unpaired) electrons. The number of benzene rings is 2. The lowest BCUT2D eigenvalue weighted by molar-refractivity contribution is 0.0950. The Bertz CT molecular complexity index is 841. The fourth-order valence-corrected chi connectivity index (χ4v) is 2.17. The van der Waals surface area contributed by atoms with Crippen LogP contribution in [0.5, 0.6) is 0 Å². The topological polar surface area (TPSA) is 54.4 Å². The van der Waals surface area contributed by atoms with Crippen molar-refractivity contribution >= 4 is 22.4 Å². The van der Waals surface area contributed by atoms with Crippen molar-refractivity contribution in [1.29, 1.82) is 0 Å². The van der Waals surface area contributed by atoms with E-state index in [-0.39, 0.29) is 5.91 Å². The number of carbonyl (C=O) groups excluding carboxylic acids is 1. The van der Waals surface area contributed by atoms with E-state index in [0.29, 0.717) is 5.69 Å². The maximum Gasteiger partial charge on any atom is 0.289 e. The van der Waals surface area contributed by atoms with Crippen LogP contribution in [-0.4, -0.2) is 16.6 Å². The summed E-state index contributed by atoms with van der Waals surface area (Å²) in [6.45, 7) is 1.86. The van der Waals surface area contributed by atoms with E-state index < -0.39 is 0 Å². The number of amides is 1. The maximum absolute atomic E-state index is 11.9. The first kappa shape index (κ1) is 13.9. The van der Waals surface area contributed by atoms with E-state index in [1.54, 1.807) is 24.4 Å². The highest BCUT2D eigenvalue weighted by Gasteiger charge is 2.05. The molecule has 0 atom stereocenters. The van der Waals surface area contributed by atoms with Crippen LogP contribution in [0.25, 0.3) is 10.8 Å². The van der Waals surface area contributed by atoms with Crippen molar-refractivity contribution in [2.75, 3.05) is 0 Å². The van der Waals surface area contributed by atoms with Gasteiger partial charge in [0.2, 0.25) is 0 Å². The third kappa shape index (κ3) is 3.01. The molecule has 0 bridgehead atoms. The van der Waals surface area contributed by atoms with Gasteiger partial charge in [0, 0.05) is 6.20 Å². The highest BCUT2D eigenvalue weighted by Crippen LogP contribution is 2.16. The minimum atomic E-state index is -0.319. The van der Waals surface area contributed by atoms with Gasteiger partial charge in [-0.05, 0) is 41.5 Å². The first-order chi connectivity index (χ1) is 10.7. The maximum atomic E-state index is 11.9. The number of hydrazone groups is 1. The molecule has 1 amide bonds. The van der Waals surface area contributed by atoms with Gasteiger partial charge in [0.15, 0.2) is 0 Å². The van der Waals surface area contributed by atoms with Gasteiger partial charge >= 0.3 is 0 Å². The summed E-state index contributed by atoms with van der Waals surface area (Å²) in [5, 5.41) is 6.48. The highest BCUT2D eigenvalue weighted by molar-refractivity contribution is 6.03. The van der Waals surface area contributed by atoms with Crippen LogP contribution >= 0.6 is 0 Å². The van der Waals surface area contributed by atoms with Gasteiger partial charge in [-0.2, -0.15) is 5.10 Å². The van der Waals surface area contributed by atoms with E-state index in [4.69, 9.17) is 0 Å². The summed E-state index contributed by atoms with van der Waals surface area (Å²) in [5.41, 5.74) is 4.59. The Morgan fingerprint density at radius 3 is 2.55 bits per heavy atom. The van der Waals surface area contributed by atoms with Crippen LogP contribution in [0.15, 0.2) is 72.0 Å². The van der Waals surface area contributed by atoms with Gasteiger partial charge in [-0.1, -0.05) is 42.5 Å². The Morgan fingerprint density at radius 2 is 1.77 bits per heavy atom. The van der Waals surface area contributed by atoms with Gasteiger partial charge in [-0.15, -0.1) is 0 Å². The Hall–Kier alpha value is -3.01. The number of hydrogen-bond donors (Lipinski definition) is 1. The van der Waals surface area contributed by atoms with Gasteiger partial charge in [0.1, 0.15) is 5.69 Å². The Morgan fingerprint density at radius 1 is 1.00 bits per heavy atom. The summed E-state index contributed by atoms with van der Waals surface area (Å²) in [6.07, 6.45) is 1.58. The van der Waals surface area contributed by atoms with Crippen molar-refractivity contribution in [2.24, 2.45) is 5.10 Å². The number of pyridine rings is 1. The second kappa shape index (κ2) is 6.18. The second-order valence-corrected chi connectivity index (χ2v) is 4.92. The van der Waals surface area contributed by atoms with Crippen LogP contribution in [0.2, 0.25) is 0 Å². The van der Waals surface area contributed by atoms with E-state index in [1.807, 2.05) is 31.2 Å². The van der Waals surface area contributed by atoms with Crippen molar-refractivity contribution in [3.63, 3.8) is 0 Å². The molecule has 0 fully saturated rings. The van der Waals surface area contributed by atoms with Crippen molar-refractivity contribution < 1.29 is 4.79 Å². The largest absolute Gasteiger partial charge is 0.289 e. The van der Waals surface area contributed by atoms with E-state index in [1.165, 1.54) is 5.39 Å². The predicted octanol–water partition coefficient (Wildman–Crippen LogP) is 3.39. The monoisotopic (exact) mass is 289 g/mol. The zero-order chi connectivity index (χ0) is 15.4. The molecule has 1 aromatic heterocycles. The lowest BCUT2D eigenvalue weighted by Gasteiger charge is -2.04. The molecule has 0 aliphatic heterocycles. The number of nitrogens with zero attached hydrogens (tertiary/aromatic N) is 2. The SMILES string of the molecule is C/C(=N\NC(=O)c1ccccn1)c1ccc2ccccc2c1. The smallest absolute Gasteiger partial charge is 0.266 e. The number of fused-ring (bicyclic) bond motifs is 1. The van der Waals surface area contributed by atoms with Gasteiger partial charge < -0.3 is 0 Å². The van der Waals surface area contributed by atoms with Crippen molar-refractivity contribution in [3.05, 3.63) is 78.1 Å². The third-order valence-corrected chi connectivity index (χ3v) is 3.39. The fraction of sp³-hybridized carbons (Fsp3) is 0.0556. The standard InChI is InChI=1S/C18H15N3O/c1-13(20-21-18(22)17-8-4-5-11-19-17)15-10-9-14-6-2-3-7-16(14)12-15/h2-12H,1H3,(H,21,22)/b20-13+. The van der Waals surface area contributed by atoms with Crippen LogP contribution in [-0.2, 0) is 0 Å². The summed E-state index contributed by atoms with van der Waals surface area (Å²) in [6, 6.07) is 19.4. The fourth-order valence-electron chi connectivity index (χ4n) is 2.17. The zero-order valence-corrected chi connectivity index (χ0v) is 12.2. The first-order valence-electron chi connectivity index (χ1n) is 6.99. The number of rotatable bonds is 3. The molecular weight excluding hydrogens is 274 g/mol. The van der Waals surface area contributed by atoms with Crippen LogP contribution < -0.4 is 5.43 Å². The number of hydrogen-bond acceptors (Lipinski definition) is 3. The minimum Gasteiger partial charge on any atom is -0.266 e. The van der Waals surface area contributed by atoms with Crippen LogP contribution in [0.1, 0.15) is 23.0 Å². The highest BCUT2D eigenvalue weighted by atomic mass is 16.2. The molecule has 2 aromatic carbocycles. The number of nitrogens with one attached hydrogen (secondary N) is 1. The molecule has 0 unspecified atom stereocenters. The Labute approximate surface area is 128 Å². The van der Waals surface area contributed by atoms with Gasteiger partial charge in [-0.3, -0.25) is 9.78 Å². The van der Waals surface area contributed by atoms with Gasteiger partial charge in [0.05, 0.1) is 5.71 Å². The molecule has 1 heterocycles. The van der Waals surface area contributed by atoms with Crippen LogP contribution in [0, 0.1) is 0 Å². The zero-order valence-electron chi connectivity index (χ0n) is 12.2. The average molecular weight is 289 g/mol. The van der Waals surface area contributed by atoms with Crippen molar-refractivity contribution in [3.8, 4) is 0 Å². The molecule has 22 heavy (non-hydrogen) atoms. The molecule has 1 N–H and O–H groups in total. The lowest BCUT2D eigenvalue weighted by atomic mass is 10.0. The quantitative estimate of drug-likeness (QED) is 0.593. The molecule has 0 saturated carbocycles. The van der Waals surface area contributed by atoms with Crippen LogP contribution in [0.3, 0.4) is 0 Å². The molecule has 0 saturated heterocycles. The Kier molecular flexibility index (Phi) is 3.92. The predicted molar refractivity (Wildman–Crippen MR) is 87.9 cm³/mol. The van der Waals surface area contributed by atoms with E-state index in [9.17, 15) is 4.79 Å². The molecule has 0 aliphatic carbocycles. The van der Waals surface area contributed by atoms with E-state index in [2.05, 4.69) is 33.7 Å². The molecule has 4 nitrogen and oxygen atoms in total. The molecule has 4 heteroatoms. The molecule has 3 aromatic rings. The summed E-state index contributed by atoms with van der Waals surface area (Å²) in [7, 11) is 0. The van der Waals surface area contributed by atoms with Gasteiger partial charge in [-0.25, -0.2) is 5.43 Å². The van der Waals surface area contributed by atoms with Crippen molar-refractivity contribution in [2.45, 2.75) is 6.92 Å². The van der Waals surface area contributed by atoms with E-state index in [0.717, 1.165) is 16.7 Å². The molecule has 0 aliphatic rings. The normalized spacial score (nSPS) is 11.4. The van der Waals surface area contributed by atoms with Crippen LogP contribution in [0.4, 0.5) is 0 Å².